The summed E-state index contributed by atoms with van der Waals surface area (Å²) < 4.78 is 11.3. The molecule has 2 aliphatic heterocycles. The van der Waals surface area contributed by atoms with Crippen molar-refractivity contribution in [2.45, 2.75) is 44.4 Å². The van der Waals surface area contributed by atoms with Crippen molar-refractivity contribution in [2.24, 2.45) is 0 Å². The van der Waals surface area contributed by atoms with Crippen molar-refractivity contribution in [1.29, 1.82) is 0 Å². The second-order valence-corrected chi connectivity index (χ2v) is 5.97. The van der Waals surface area contributed by atoms with E-state index >= 15 is 0 Å². The molecule has 1 aromatic carbocycles. The molecule has 1 aromatic rings. The fourth-order valence-corrected chi connectivity index (χ4v) is 3.36. The van der Waals surface area contributed by atoms with E-state index in [-0.39, 0.29) is 18.2 Å². The molecule has 21 heavy (non-hydrogen) atoms. The summed E-state index contributed by atoms with van der Waals surface area (Å²) in [6.45, 7) is 4.83. The quantitative estimate of drug-likeness (QED) is 0.798. The minimum atomic E-state index is -0.267. The number of hydrogen-bond donors (Lipinski definition) is 0. The maximum absolute atomic E-state index is 11.9. The molecule has 1 unspecified atom stereocenters. The van der Waals surface area contributed by atoms with Gasteiger partial charge in [-0.15, -0.1) is 0 Å². The van der Waals surface area contributed by atoms with Crippen LogP contribution in [-0.2, 0) is 9.47 Å². The van der Waals surface area contributed by atoms with Crippen LogP contribution < -0.4 is 0 Å². The third-order valence-electron chi connectivity index (χ3n) is 4.47. The Morgan fingerprint density at radius 3 is 2.71 bits per heavy atom. The van der Waals surface area contributed by atoms with Crippen LogP contribution in [0.4, 0.5) is 0 Å². The summed E-state index contributed by atoms with van der Waals surface area (Å²) in [7, 11) is 0. The van der Waals surface area contributed by atoms with Crippen LogP contribution in [0.3, 0.4) is 0 Å². The van der Waals surface area contributed by atoms with Crippen LogP contribution in [0.15, 0.2) is 30.3 Å². The molecule has 0 amide bonds. The van der Waals surface area contributed by atoms with Crippen molar-refractivity contribution in [1.82, 2.24) is 4.90 Å². The first-order chi connectivity index (χ1) is 10.2. The topological polar surface area (TPSA) is 38.8 Å². The van der Waals surface area contributed by atoms with E-state index < -0.39 is 0 Å². The average Bonchev–Trinajstić information content (AvgIpc) is 3.15. The largest absolute Gasteiger partial charge is 0.459 e. The summed E-state index contributed by atoms with van der Waals surface area (Å²) in [4.78, 5) is 14.5. The molecule has 0 spiro atoms. The van der Waals surface area contributed by atoms with Gasteiger partial charge in [0.15, 0.2) is 0 Å². The SMILES string of the molecule is CC1O[C@H](COC(=O)c2ccccc2)C[C@H]1N1CCCC1. The Morgan fingerprint density at radius 1 is 1.29 bits per heavy atom. The molecule has 0 aliphatic carbocycles. The zero-order chi connectivity index (χ0) is 14.7. The molecule has 0 bridgehead atoms. The van der Waals surface area contributed by atoms with Gasteiger partial charge in [-0.1, -0.05) is 18.2 Å². The van der Waals surface area contributed by atoms with Gasteiger partial charge in [0.05, 0.1) is 17.8 Å². The highest BCUT2D eigenvalue weighted by molar-refractivity contribution is 5.89. The Balaban J connectivity index is 1.49. The Labute approximate surface area is 126 Å². The van der Waals surface area contributed by atoms with Gasteiger partial charge in [0.1, 0.15) is 6.61 Å². The smallest absolute Gasteiger partial charge is 0.338 e. The fraction of sp³-hybridized carbons (Fsp3) is 0.588. The number of likely N-dealkylation sites (tertiary alicyclic amines) is 1. The number of carbonyl (C=O) groups excluding carboxylic acids is 1. The van der Waals surface area contributed by atoms with Crippen LogP contribution in [0, 0.1) is 0 Å². The minimum absolute atomic E-state index is 0.0262. The first-order valence-corrected chi connectivity index (χ1v) is 7.86. The Hall–Kier alpha value is -1.39. The molecule has 0 aromatic heterocycles. The molecule has 0 saturated carbocycles. The predicted molar refractivity (Wildman–Crippen MR) is 80.3 cm³/mol. The van der Waals surface area contributed by atoms with Crippen molar-refractivity contribution in [3.8, 4) is 0 Å². The first kappa shape index (κ1) is 14.5. The highest BCUT2D eigenvalue weighted by atomic mass is 16.6. The third kappa shape index (κ3) is 3.44. The van der Waals surface area contributed by atoms with Crippen LogP contribution in [0.5, 0.6) is 0 Å². The highest BCUT2D eigenvalue weighted by Gasteiger charge is 2.37. The molecular formula is C17H23NO3. The van der Waals surface area contributed by atoms with Gasteiger partial charge in [-0.2, -0.15) is 0 Å². The molecular weight excluding hydrogens is 266 g/mol. The molecule has 2 heterocycles. The second kappa shape index (κ2) is 6.58. The van der Waals surface area contributed by atoms with Crippen LogP contribution in [0.25, 0.3) is 0 Å². The average molecular weight is 289 g/mol. The number of hydrogen-bond acceptors (Lipinski definition) is 4. The van der Waals surface area contributed by atoms with Crippen LogP contribution in [0.2, 0.25) is 0 Å². The molecule has 2 fully saturated rings. The third-order valence-corrected chi connectivity index (χ3v) is 4.47. The van der Waals surface area contributed by atoms with Crippen molar-refractivity contribution >= 4 is 5.97 Å². The zero-order valence-corrected chi connectivity index (χ0v) is 12.5. The van der Waals surface area contributed by atoms with Crippen LogP contribution >= 0.6 is 0 Å². The monoisotopic (exact) mass is 289 g/mol. The summed E-state index contributed by atoms with van der Waals surface area (Å²) in [5, 5.41) is 0. The summed E-state index contributed by atoms with van der Waals surface area (Å²) in [6, 6.07) is 9.59. The van der Waals surface area contributed by atoms with Crippen molar-refractivity contribution in [3.63, 3.8) is 0 Å². The van der Waals surface area contributed by atoms with Gasteiger partial charge < -0.3 is 9.47 Å². The molecule has 2 saturated heterocycles. The van der Waals surface area contributed by atoms with Crippen LogP contribution in [0.1, 0.15) is 36.5 Å². The lowest BCUT2D eigenvalue weighted by atomic mass is 10.1. The highest BCUT2D eigenvalue weighted by Crippen LogP contribution is 2.28. The van der Waals surface area contributed by atoms with Gasteiger partial charge >= 0.3 is 5.97 Å². The molecule has 4 heteroatoms. The first-order valence-electron chi connectivity index (χ1n) is 7.86. The summed E-state index contributed by atoms with van der Waals surface area (Å²) in [6.07, 6.45) is 3.79. The second-order valence-electron chi connectivity index (χ2n) is 5.97. The van der Waals surface area contributed by atoms with Gasteiger partial charge in [0, 0.05) is 6.04 Å². The lowest BCUT2D eigenvalue weighted by Crippen LogP contribution is -2.37. The molecule has 3 rings (SSSR count). The molecule has 0 N–H and O–H groups in total. The van der Waals surface area contributed by atoms with Crippen molar-refractivity contribution in [2.75, 3.05) is 19.7 Å². The fourth-order valence-electron chi connectivity index (χ4n) is 3.36. The van der Waals surface area contributed by atoms with Gasteiger partial charge in [-0.25, -0.2) is 4.79 Å². The van der Waals surface area contributed by atoms with Crippen molar-refractivity contribution < 1.29 is 14.3 Å². The zero-order valence-electron chi connectivity index (χ0n) is 12.5. The van der Waals surface area contributed by atoms with Gasteiger partial charge in [0.2, 0.25) is 0 Å². The number of benzene rings is 1. The normalized spacial score (nSPS) is 29.7. The lowest BCUT2D eigenvalue weighted by molar-refractivity contribution is -0.00796. The minimum Gasteiger partial charge on any atom is -0.459 e. The van der Waals surface area contributed by atoms with E-state index in [1.54, 1.807) is 12.1 Å². The van der Waals surface area contributed by atoms with Crippen LogP contribution in [-0.4, -0.2) is 48.8 Å². The Morgan fingerprint density at radius 2 is 2.00 bits per heavy atom. The standard InChI is InChI=1S/C17H23NO3/c1-13-16(18-9-5-6-10-18)11-15(21-13)12-20-17(19)14-7-3-2-4-8-14/h2-4,7-8,13,15-16H,5-6,9-12H2,1H3/t13?,15-,16+/m0/s1. The number of nitrogens with zero attached hydrogens (tertiary/aromatic N) is 1. The summed E-state index contributed by atoms with van der Waals surface area (Å²) in [5.41, 5.74) is 0.597. The van der Waals surface area contributed by atoms with E-state index in [2.05, 4.69) is 11.8 Å². The molecule has 4 nitrogen and oxygen atoms in total. The van der Waals surface area contributed by atoms with E-state index in [9.17, 15) is 4.79 Å². The molecule has 0 radical (unpaired) electrons. The van der Waals surface area contributed by atoms with E-state index in [0.717, 1.165) is 6.42 Å². The number of ether oxygens (including phenoxy) is 2. The molecule has 114 valence electrons. The van der Waals surface area contributed by atoms with E-state index in [0.29, 0.717) is 18.2 Å². The summed E-state index contributed by atoms with van der Waals surface area (Å²) in [5.74, 6) is -0.267. The van der Waals surface area contributed by atoms with E-state index in [1.807, 2.05) is 18.2 Å². The number of rotatable bonds is 4. The Kier molecular flexibility index (Phi) is 4.56. The number of carbonyl (C=O) groups is 1. The maximum Gasteiger partial charge on any atom is 0.338 e. The lowest BCUT2D eigenvalue weighted by Gasteiger charge is -2.25. The van der Waals surface area contributed by atoms with Gasteiger partial charge in [0.25, 0.3) is 0 Å². The Bertz CT molecular complexity index is 470. The molecule has 2 aliphatic rings. The summed E-state index contributed by atoms with van der Waals surface area (Å²) >= 11 is 0. The van der Waals surface area contributed by atoms with E-state index in [4.69, 9.17) is 9.47 Å². The number of esters is 1. The van der Waals surface area contributed by atoms with Crippen molar-refractivity contribution in [3.05, 3.63) is 35.9 Å². The van der Waals surface area contributed by atoms with E-state index in [1.165, 1.54) is 25.9 Å². The van der Waals surface area contributed by atoms with Gasteiger partial charge in [-0.3, -0.25) is 4.90 Å². The predicted octanol–water partition coefficient (Wildman–Crippen LogP) is 2.49. The maximum atomic E-state index is 11.9. The van der Waals surface area contributed by atoms with Gasteiger partial charge in [-0.05, 0) is 51.4 Å². The molecule has 3 atom stereocenters.